The van der Waals surface area contributed by atoms with Gasteiger partial charge in [-0.2, -0.15) is 0 Å². The van der Waals surface area contributed by atoms with Crippen molar-refractivity contribution in [3.63, 3.8) is 0 Å². The Labute approximate surface area is 83.2 Å². The van der Waals surface area contributed by atoms with Crippen molar-refractivity contribution >= 4 is 11.8 Å². The first kappa shape index (κ1) is 12.9. The third kappa shape index (κ3) is 5.50. The third-order valence-electron chi connectivity index (χ3n) is 1.67. The zero-order valence-corrected chi connectivity index (χ0v) is 8.50. The lowest BCUT2D eigenvalue weighted by Crippen LogP contribution is -2.44. The Morgan fingerprint density at radius 2 is 2.14 bits per heavy atom. The second kappa shape index (κ2) is 7.28. The normalized spacial score (nSPS) is 11.9. The molecule has 0 saturated heterocycles. The van der Waals surface area contributed by atoms with Gasteiger partial charge in [0.25, 0.3) is 0 Å². The van der Waals surface area contributed by atoms with E-state index >= 15 is 0 Å². The molecule has 82 valence electrons. The second-order valence-electron chi connectivity index (χ2n) is 2.78. The molecule has 6 nitrogen and oxygen atoms in total. The molecule has 0 radical (unpaired) electrons. The Bertz CT molecular complexity index is 196. The predicted molar refractivity (Wildman–Crippen MR) is 51.5 cm³/mol. The molecule has 4 N–H and O–H groups in total. The van der Waals surface area contributed by atoms with Crippen molar-refractivity contribution in [1.29, 1.82) is 0 Å². The average molecular weight is 203 g/mol. The van der Waals surface area contributed by atoms with E-state index in [1.165, 1.54) is 14.2 Å². The van der Waals surface area contributed by atoms with Crippen molar-refractivity contribution in [2.75, 3.05) is 27.3 Å². The Hall–Kier alpha value is -1.14. The van der Waals surface area contributed by atoms with Gasteiger partial charge in [-0.05, 0) is 6.42 Å². The molecule has 1 unspecified atom stereocenters. The lowest BCUT2D eigenvalue weighted by molar-refractivity contribution is -0.126. The van der Waals surface area contributed by atoms with Gasteiger partial charge in [0.1, 0.15) is 0 Å². The van der Waals surface area contributed by atoms with Crippen LogP contribution in [0.2, 0.25) is 0 Å². The number of carbonyl (C=O) groups is 2. The summed E-state index contributed by atoms with van der Waals surface area (Å²) in [5.74, 6) is -0.594. The first-order chi connectivity index (χ1) is 6.61. The highest BCUT2D eigenvalue weighted by Gasteiger charge is 2.13. The van der Waals surface area contributed by atoms with Crippen molar-refractivity contribution in [1.82, 2.24) is 10.6 Å². The lowest BCUT2D eigenvalue weighted by atomic mass is 10.2. The maximum absolute atomic E-state index is 11.2. The topological polar surface area (TPSA) is 93.5 Å². The van der Waals surface area contributed by atoms with Crippen LogP contribution in [0.1, 0.15) is 6.42 Å². The van der Waals surface area contributed by atoms with Gasteiger partial charge in [-0.25, -0.2) is 0 Å². The van der Waals surface area contributed by atoms with E-state index < -0.39 is 6.04 Å². The number of hydrogen-bond acceptors (Lipinski definition) is 4. The molecule has 0 heterocycles. The summed E-state index contributed by atoms with van der Waals surface area (Å²) in [5, 5.41) is 4.79. The van der Waals surface area contributed by atoms with Crippen LogP contribution in [-0.4, -0.2) is 45.2 Å². The van der Waals surface area contributed by atoms with Crippen LogP contribution in [0.25, 0.3) is 0 Å². The monoisotopic (exact) mass is 203 g/mol. The molecule has 0 spiro atoms. The predicted octanol–water partition coefficient (Wildman–Crippen LogP) is -1.79. The Balaban J connectivity index is 3.67. The molecule has 0 aliphatic rings. The molecular weight excluding hydrogens is 186 g/mol. The zero-order chi connectivity index (χ0) is 11.0. The standard InChI is InChI=1S/C8H17N3O3/c1-10-7(12)5-11-8(13)6(9)3-4-14-2/h6H,3-5,9H2,1-2H3,(H,10,12)(H,11,13). The molecule has 0 rings (SSSR count). The number of nitrogens with one attached hydrogen (secondary N) is 2. The molecule has 0 bridgehead atoms. The fourth-order valence-electron chi connectivity index (χ4n) is 0.763. The molecule has 14 heavy (non-hydrogen) atoms. The minimum atomic E-state index is -0.625. The van der Waals surface area contributed by atoms with Crippen LogP contribution in [-0.2, 0) is 14.3 Å². The molecule has 6 heteroatoms. The highest BCUT2D eigenvalue weighted by atomic mass is 16.5. The summed E-state index contributed by atoms with van der Waals surface area (Å²) >= 11 is 0. The summed E-state index contributed by atoms with van der Waals surface area (Å²) in [4.78, 5) is 22.0. The third-order valence-corrected chi connectivity index (χ3v) is 1.67. The molecule has 0 aliphatic heterocycles. The van der Waals surface area contributed by atoms with Crippen molar-refractivity contribution < 1.29 is 14.3 Å². The highest BCUT2D eigenvalue weighted by molar-refractivity contribution is 5.87. The number of carbonyl (C=O) groups excluding carboxylic acids is 2. The van der Waals surface area contributed by atoms with Crippen LogP contribution in [0, 0.1) is 0 Å². The van der Waals surface area contributed by atoms with Crippen LogP contribution >= 0.6 is 0 Å². The molecule has 0 aromatic carbocycles. The van der Waals surface area contributed by atoms with Gasteiger partial charge < -0.3 is 21.1 Å². The van der Waals surface area contributed by atoms with Crippen molar-refractivity contribution in [3.8, 4) is 0 Å². The maximum atomic E-state index is 11.2. The summed E-state index contributed by atoms with van der Waals surface area (Å²) in [7, 11) is 3.04. The maximum Gasteiger partial charge on any atom is 0.239 e. The Morgan fingerprint density at radius 3 is 2.64 bits per heavy atom. The number of ether oxygens (including phenoxy) is 1. The highest BCUT2D eigenvalue weighted by Crippen LogP contribution is 1.88. The van der Waals surface area contributed by atoms with Crippen molar-refractivity contribution in [2.45, 2.75) is 12.5 Å². The number of hydrogen-bond donors (Lipinski definition) is 3. The minimum absolute atomic E-state index is 0.0456. The van der Waals surface area contributed by atoms with Crippen LogP contribution in [0.5, 0.6) is 0 Å². The molecule has 0 fully saturated rings. The number of likely N-dealkylation sites (N-methyl/N-ethyl adjacent to an activating group) is 1. The largest absolute Gasteiger partial charge is 0.385 e. The smallest absolute Gasteiger partial charge is 0.239 e. The lowest BCUT2D eigenvalue weighted by Gasteiger charge is -2.10. The van der Waals surface area contributed by atoms with Gasteiger partial charge >= 0.3 is 0 Å². The van der Waals surface area contributed by atoms with Crippen LogP contribution in [0.15, 0.2) is 0 Å². The summed E-state index contributed by atoms with van der Waals surface area (Å²) in [6, 6.07) is -0.625. The van der Waals surface area contributed by atoms with E-state index in [0.717, 1.165) is 0 Å². The first-order valence-corrected chi connectivity index (χ1v) is 4.34. The molecule has 0 aliphatic carbocycles. The van der Waals surface area contributed by atoms with E-state index in [1.54, 1.807) is 0 Å². The molecule has 1 atom stereocenters. The first-order valence-electron chi connectivity index (χ1n) is 4.34. The Kier molecular flexibility index (Phi) is 6.69. The van der Waals surface area contributed by atoms with Gasteiger partial charge in [-0.15, -0.1) is 0 Å². The van der Waals surface area contributed by atoms with Crippen LogP contribution in [0.4, 0.5) is 0 Å². The summed E-state index contributed by atoms with van der Waals surface area (Å²) in [5.41, 5.74) is 5.51. The van der Waals surface area contributed by atoms with Crippen molar-refractivity contribution in [3.05, 3.63) is 0 Å². The average Bonchev–Trinajstić information content (AvgIpc) is 2.21. The van der Waals surface area contributed by atoms with Crippen LogP contribution < -0.4 is 16.4 Å². The number of nitrogens with two attached hydrogens (primary N) is 1. The number of rotatable bonds is 6. The van der Waals surface area contributed by atoms with E-state index in [9.17, 15) is 9.59 Å². The van der Waals surface area contributed by atoms with Gasteiger partial charge in [-0.1, -0.05) is 0 Å². The van der Waals surface area contributed by atoms with Crippen LogP contribution in [0.3, 0.4) is 0 Å². The molecule has 0 aromatic rings. The fourth-order valence-corrected chi connectivity index (χ4v) is 0.763. The summed E-state index contributed by atoms with van der Waals surface area (Å²) in [6.45, 7) is 0.380. The minimum Gasteiger partial charge on any atom is -0.385 e. The van der Waals surface area contributed by atoms with Gasteiger partial charge in [0, 0.05) is 20.8 Å². The molecule has 0 aromatic heterocycles. The van der Waals surface area contributed by atoms with Crippen molar-refractivity contribution in [2.24, 2.45) is 5.73 Å². The zero-order valence-electron chi connectivity index (χ0n) is 8.50. The van der Waals surface area contributed by atoms with Gasteiger partial charge in [0.15, 0.2) is 0 Å². The molecular formula is C8H17N3O3. The van der Waals surface area contributed by atoms with E-state index in [2.05, 4.69) is 10.6 Å². The number of methoxy groups -OCH3 is 1. The van der Waals surface area contributed by atoms with E-state index in [4.69, 9.17) is 10.5 Å². The Morgan fingerprint density at radius 1 is 1.50 bits per heavy atom. The molecule has 0 saturated carbocycles. The van der Waals surface area contributed by atoms with Gasteiger partial charge in [0.2, 0.25) is 11.8 Å². The summed E-state index contributed by atoms with van der Waals surface area (Å²) < 4.78 is 4.77. The fraction of sp³-hybridized carbons (Fsp3) is 0.750. The quantitative estimate of drug-likeness (QED) is 0.475. The van der Waals surface area contributed by atoms with E-state index in [0.29, 0.717) is 13.0 Å². The summed E-state index contributed by atoms with van der Waals surface area (Å²) in [6.07, 6.45) is 0.441. The van der Waals surface area contributed by atoms with Gasteiger partial charge in [0.05, 0.1) is 12.6 Å². The van der Waals surface area contributed by atoms with E-state index in [-0.39, 0.29) is 18.4 Å². The number of amides is 2. The van der Waals surface area contributed by atoms with E-state index in [1.807, 2.05) is 0 Å². The SMILES string of the molecule is CNC(=O)CNC(=O)C(N)CCOC. The van der Waals surface area contributed by atoms with Gasteiger partial charge in [-0.3, -0.25) is 9.59 Å². The molecule has 2 amide bonds. The second-order valence-corrected chi connectivity index (χ2v) is 2.78.